The van der Waals surface area contributed by atoms with Gasteiger partial charge in [0.1, 0.15) is 0 Å². The van der Waals surface area contributed by atoms with Gasteiger partial charge in [0.15, 0.2) is 11.5 Å². The Labute approximate surface area is 144 Å². The molecule has 0 saturated carbocycles. The highest BCUT2D eigenvalue weighted by Gasteiger charge is 2.29. The largest absolute Gasteiger partial charge is 0.493 e. The van der Waals surface area contributed by atoms with Gasteiger partial charge in [0, 0.05) is 23.5 Å². The van der Waals surface area contributed by atoms with Crippen molar-refractivity contribution in [3.63, 3.8) is 0 Å². The van der Waals surface area contributed by atoms with E-state index in [9.17, 15) is 0 Å². The fourth-order valence-corrected chi connectivity index (χ4v) is 3.18. The Kier molecular flexibility index (Phi) is 4.57. The predicted molar refractivity (Wildman–Crippen MR) is 95.3 cm³/mol. The maximum absolute atomic E-state index is 5.58. The average molecular weight is 375 g/mol. The zero-order chi connectivity index (χ0) is 16.4. The molecule has 4 nitrogen and oxygen atoms in total. The van der Waals surface area contributed by atoms with E-state index in [1.165, 1.54) is 0 Å². The van der Waals surface area contributed by atoms with Crippen LogP contribution in [-0.4, -0.2) is 32.0 Å². The summed E-state index contributed by atoms with van der Waals surface area (Å²) in [5.74, 6) is 1.52. The zero-order valence-corrected chi connectivity index (χ0v) is 15.0. The Bertz CT molecular complexity index is 728. The third-order valence-electron chi connectivity index (χ3n) is 4.09. The van der Waals surface area contributed by atoms with Gasteiger partial charge < -0.3 is 9.47 Å². The van der Waals surface area contributed by atoms with E-state index in [4.69, 9.17) is 14.6 Å². The molecule has 23 heavy (non-hydrogen) atoms. The number of benzene rings is 2. The lowest BCUT2D eigenvalue weighted by Crippen LogP contribution is -2.15. The van der Waals surface area contributed by atoms with Gasteiger partial charge in [-0.25, -0.2) is 0 Å². The summed E-state index contributed by atoms with van der Waals surface area (Å²) < 4.78 is 12.1. The third kappa shape index (κ3) is 3.06. The molecule has 0 amide bonds. The van der Waals surface area contributed by atoms with E-state index >= 15 is 0 Å². The van der Waals surface area contributed by atoms with Gasteiger partial charge in [-0.2, -0.15) is 5.10 Å². The highest BCUT2D eigenvalue weighted by molar-refractivity contribution is 9.10. The maximum Gasteiger partial charge on any atom is 0.166 e. The van der Waals surface area contributed by atoms with Crippen molar-refractivity contribution in [2.75, 3.05) is 21.3 Å². The molecule has 2 aromatic rings. The van der Waals surface area contributed by atoms with Gasteiger partial charge in [0.05, 0.1) is 26.0 Å². The molecule has 0 aliphatic carbocycles. The van der Waals surface area contributed by atoms with Gasteiger partial charge in [0.2, 0.25) is 0 Å². The fourth-order valence-electron chi connectivity index (χ4n) is 2.92. The Hall–Kier alpha value is -2.01. The van der Waals surface area contributed by atoms with Crippen LogP contribution in [-0.2, 0) is 0 Å². The first-order chi connectivity index (χ1) is 11.1. The molecule has 0 bridgehead atoms. The topological polar surface area (TPSA) is 34.1 Å². The first-order valence-corrected chi connectivity index (χ1v) is 8.20. The molecule has 1 heterocycles. The number of nitrogens with zero attached hydrogens (tertiary/aromatic N) is 2. The number of hydrogen-bond donors (Lipinski definition) is 0. The average Bonchev–Trinajstić information content (AvgIpc) is 2.96. The highest BCUT2D eigenvalue weighted by Crippen LogP contribution is 2.40. The number of hydrazone groups is 1. The Morgan fingerprint density at radius 3 is 2.48 bits per heavy atom. The van der Waals surface area contributed by atoms with Crippen molar-refractivity contribution < 1.29 is 9.47 Å². The summed E-state index contributed by atoms with van der Waals surface area (Å²) in [4.78, 5) is 0. The summed E-state index contributed by atoms with van der Waals surface area (Å²) in [6.07, 6.45) is 0.835. The normalized spacial score (nSPS) is 17.1. The minimum absolute atomic E-state index is 0.138. The second kappa shape index (κ2) is 6.62. The monoisotopic (exact) mass is 374 g/mol. The van der Waals surface area contributed by atoms with Gasteiger partial charge in [-0.15, -0.1) is 0 Å². The highest BCUT2D eigenvalue weighted by atomic mass is 79.9. The van der Waals surface area contributed by atoms with Gasteiger partial charge in [-0.1, -0.05) is 40.2 Å². The minimum Gasteiger partial charge on any atom is -0.493 e. The molecular formula is C18H19BrN2O2. The molecule has 2 aromatic carbocycles. The molecule has 1 aliphatic heterocycles. The van der Waals surface area contributed by atoms with Crippen molar-refractivity contribution >= 4 is 21.6 Å². The molecular weight excluding hydrogens is 356 g/mol. The predicted octanol–water partition coefficient (Wildman–Crippen LogP) is 4.25. The maximum atomic E-state index is 5.58. The van der Waals surface area contributed by atoms with Crippen LogP contribution < -0.4 is 9.47 Å². The van der Waals surface area contributed by atoms with Gasteiger partial charge >= 0.3 is 0 Å². The first-order valence-electron chi connectivity index (χ1n) is 7.41. The molecule has 0 radical (unpaired) electrons. The van der Waals surface area contributed by atoms with Crippen molar-refractivity contribution in [2.45, 2.75) is 12.5 Å². The summed E-state index contributed by atoms with van der Waals surface area (Å²) in [5.41, 5.74) is 3.31. The number of halogens is 1. The molecule has 1 aliphatic rings. The lowest BCUT2D eigenvalue weighted by atomic mass is 9.97. The van der Waals surface area contributed by atoms with E-state index < -0.39 is 0 Å². The molecule has 0 spiro atoms. The Morgan fingerprint density at radius 1 is 1.09 bits per heavy atom. The lowest BCUT2D eigenvalue weighted by Gasteiger charge is -2.22. The van der Waals surface area contributed by atoms with E-state index in [1.807, 2.05) is 36.3 Å². The molecule has 5 heteroatoms. The SMILES string of the molecule is COc1cccc(C2CC(c3ccc(Br)cc3)=NN2C)c1OC. The molecule has 1 unspecified atom stereocenters. The van der Waals surface area contributed by atoms with Gasteiger partial charge in [0.25, 0.3) is 0 Å². The lowest BCUT2D eigenvalue weighted by molar-refractivity contribution is 0.276. The number of hydrogen-bond acceptors (Lipinski definition) is 4. The Morgan fingerprint density at radius 2 is 1.83 bits per heavy atom. The molecule has 0 saturated heterocycles. The second-order valence-corrected chi connectivity index (χ2v) is 6.35. The van der Waals surface area contributed by atoms with Crippen molar-refractivity contribution in [1.29, 1.82) is 0 Å². The van der Waals surface area contributed by atoms with Gasteiger partial charge in [-0.3, -0.25) is 5.01 Å². The minimum atomic E-state index is 0.138. The van der Waals surface area contributed by atoms with Crippen LogP contribution >= 0.6 is 15.9 Å². The van der Waals surface area contributed by atoms with Crippen molar-refractivity contribution in [2.24, 2.45) is 5.10 Å². The van der Waals surface area contributed by atoms with E-state index in [0.29, 0.717) is 0 Å². The standard InChI is InChI=1S/C18H19BrN2O2/c1-21-16(14-5-4-6-17(22-2)18(14)23-3)11-15(20-21)12-7-9-13(19)10-8-12/h4-10,16H,11H2,1-3H3. The molecule has 3 rings (SSSR count). The smallest absolute Gasteiger partial charge is 0.166 e. The van der Waals surface area contributed by atoms with E-state index in [0.717, 1.165) is 39.2 Å². The fraction of sp³-hybridized carbons (Fsp3) is 0.278. The summed E-state index contributed by atoms with van der Waals surface area (Å²) in [7, 11) is 5.33. The summed E-state index contributed by atoms with van der Waals surface area (Å²) in [5, 5.41) is 6.71. The first kappa shape index (κ1) is 15.9. The van der Waals surface area contributed by atoms with Crippen LogP contribution in [0.2, 0.25) is 0 Å². The zero-order valence-electron chi connectivity index (χ0n) is 13.4. The van der Waals surface area contributed by atoms with E-state index in [2.05, 4.69) is 34.1 Å². The van der Waals surface area contributed by atoms with Crippen molar-refractivity contribution in [3.05, 3.63) is 58.1 Å². The van der Waals surface area contributed by atoms with Crippen LogP contribution in [0.25, 0.3) is 0 Å². The third-order valence-corrected chi connectivity index (χ3v) is 4.61. The van der Waals surface area contributed by atoms with Crippen molar-refractivity contribution in [1.82, 2.24) is 5.01 Å². The van der Waals surface area contributed by atoms with Crippen LogP contribution in [0.5, 0.6) is 11.5 Å². The molecule has 0 aromatic heterocycles. The number of methoxy groups -OCH3 is 2. The quantitative estimate of drug-likeness (QED) is 0.802. The van der Waals surface area contributed by atoms with Crippen LogP contribution in [0.3, 0.4) is 0 Å². The van der Waals surface area contributed by atoms with Crippen LogP contribution in [0.1, 0.15) is 23.6 Å². The second-order valence-electron chi connectivity index (χ2n) is 5.43. The van der Waals surface area contributed by atoms with Crippen LogP contribution in [0.15, 0.2) is 52.0 Å². The number of ether oxygens (including phenoxy) is 2. The van der Waals surface area contributed by atoms with Gasteiger partial charge in [-0.05, 0) is 23.8 Å². The molecule has 1 atom stereocenters. The molecule has 0 N–H and O–H groups in total. The van der Waals surface area contributed by atoms with Crippen LogP contribution in [0.4, 0.5) is 0 Å². The van der Waals surface area contributed by atoms with E-state index in [-0.39, 0.29) is 6.04 Å². The number of rotatable bonds is 4. The molecule has 120 valence electrons. The van der Waals surface area contributed by atoms with Crippen LogP contribution in [0, 0.1) is 0 Å². The summed E-state index contributed by atoms with van der Waals surface area (Å²) in [6.45, 7) is 0. The molecule has 0 fully saturated rings. The van der Waals surface area contributed by atoms with E-state index in [1.54, 1.807) is 14.2 Å². The summed E-state index contributed by atoms with van der Waals surface area (Å²) in [6, 6.07) is 14.4. The summed E-state index contributed by atoms with van der Waals surface area (Å²) >= 11 is 3.47. The Balaban J connectivity index is 1.91. The number of para-hydroxylation sites is 1. The van der Waals surface area contributed by atoms with Crippen molar-refractivity contribution in [3.8, 4) is 11.5 Å².